The monoisotopic (exact) mass is 419 g/mol. The Balaban J connectivity index is 1.80. The van der Waals surface area contributed by atoms with Crippen molar-refractivity contribution in [3.63, 3.8) is 0 Å². The number of carbonyl (C=O) groups excluding carboxylic acids is 3. The number of fused-ring (bicyclic) bond motifs is 1. The predicted octanol–water partition coefficient (Wildman–Crippen LogP) is 4.08. The molecule has 3 rings (SSSR count). The van der Waals surface area contributed by atoms with Gasteiger partial charge in [0.15, 0.2) is 23.4 Å². The number of aromatic amines is 1. The van der Waals surface area contributed by atoms with Crippen LogP contribution in [0, 0.1) is 13.8 Å². The normalized spacial score (nSPS) is 14.1. The van der Waals surface area contributed by atoms with Crippen molar-refractivity contribution in [2.75, 3.05) is 13.2 Å². The van der Waals surface area contributed by atoms with Crippen LogP contribution in [0.4, 0.5) is 0 Å². The average Bonchev–Trinajstić information content (AvgIpc) is 2.82. The average molecular weight is 420 g/mol. The number of esters is 1. The molecule has 0 saturated heterocycles. The number of hydrogen-bond donors (Lipinski definition) is 1. The van der Waals surface area contributed by atoms with Crippen molar-refractivity contribution in [2.24, 2.45) is 0 Å². The zero-order valence-electron chi connectivity index (χ0n) is 16.7. The number of Topliss-reactive ketones (excluding diaryl/α,β-unsaturated/α-hetero) is 2. The van der Waals surface area contributed by atoms with Crippen molar-refractivity contribution < 1.29 is 28.6 Å². The zero-order valence-corrected chi connectivity index (χ0v) is 17.4. The third kappa shape index (κ3) is 4.15. The molecule has 1 N–H and O–H groups in total. The molecule has 1 aliphatic heterocycles. The molecule has 0 saturated carbocycles. The molecule has 0 spiro atoms. The molecule has 7 nitrogen and oxygen atoms in total. The van der Waals surface area contributed by atoms with Crippen LogP contribution < -0.4 is 9.47 Å². The van der Waals surface area contributed by atoms with Gasteiger partial charge in [0.1, 0.15) is 0 Å². The maximum absolute atomic E-state index is 12.8. The van der Waals surface area contributed by atoms with Crippen molar-refractivity contribution >= 4 is 29.1 Å². The van der Waals surface area contributed by atoms with Gasteiger partial charge in [-0.15, -0.1) is 0 Å². The highest BCUT2D eigenvalue weighted by Crippen LogP contribution is 2.38. The topological polar surface area (TPSA) is 94.7 Å². The molecule has 1 aliphatic rings. The molecule has 0 bridgehead atoms. The molecule has 2 aromatic rings. The summed E-state index contributed by atoms with van der Waals surface area (Å²) in [6, 6.07) is 2.91. The summed E-state index contributed by atoms with van der Waals surface area (Å²) in [5, 5.41) is 0.234. The predicted molar refractivity (Wildman–Crippen MR) is 107 cm³/mol. The van der Waals surface area contributed by atoms with Gasteiger partial charge >= 0.3 is 5.97 Å². The van der Waals surface area contributed by atoms with E-state index in [-0.39, 0.29) is 22.1 Å². The van der Waals surface area contributed by atoms with Crippen LogP contribution >= 0.6 is 11.6 Å². The van der Waals surface area contributed by atoms with Gasteiger partial charge in [-0.2, -0.15) is 0 Å². The second-order valence-corrected chi connectivity index (χ2v) is 7.34. The van der Waals surface area contributed by atoms with Crippen molar-refractivity contribution in [3.05, 3.63) is 45.2 Å². The van der Waals surface area contributed by atoms with Crippen molar-refractivity contribution in [2.45, 2.75) is 40.2 Å². The number of hydrogen-bond acceptors (Lipinski definition) is 6. The lowest BCUT2D eigenvalue weighted by atomic mass is 10.0. The lowest BCUT2D eigenvalue weighted by Gasteiger charge is -2.14. The van der Waals surface area contributed by atoms with Gasteiger partial charge in [0, 0.05) is 17.7 Å². The maximum atomic E-state index is 12.8. The molecule has 0 unspecified atom stereocenters. The molecule has 154 valence electrons. The number of halogens is 1. The number of nitrogens with one attached hydrogen (secondary N) is 1. The molecule has 0 fully saturated rings. The summed E-state index contributed by atoms with van der Waals surface area (Å²) in [5.41, 5.74) is 2.03. The van der Waals surface area contributed by atoms with E-state index >= 15 is 0 Å². The summed E-state index contributed by atoms with van der Waals surface area (Å²) >= 11 is 6.21. The Bertz CT molecular complexity index is 994. The van der Waals surface area contributed by atoms with E-state index in [1.54, 1.807) is 13.8 Å². The highest BCUT2D eigenvalue weighted by Gasteiger charge is 2.27. The van der Waals surface area contributed by atoms with Gasteiger partial charge in [-0.3, -0.25) is 9.59 Å². The molecular weight excluding hydrogens is 398 g/mol. The van der Waals surface area contributed by atoms with Crippen LogP contribution in [0.5, 0.6) is 11.5 Å². The molecule has 2 heterocycles. The van der Waals surface area contributed by atoms with E-state index < -0.39 is 17.9 Å². The van der Waals surface area contributed by atoms with Crippen molar-refractivity contribution in [3.8, 4) is 11.5 Å². The van der Waals surface area contributed by atoms with Crippen LogP contribution in [0.15, 0.2) is 12.1 Å². The summed E-state index contributed by atoms with van der Waals surface area (Å²) in [5.74, 6) is -0.522. The third-order valence-electron chi connectivity index (χ3n) is 4.73. The summed E-state index contributed by atoms with van der Waals surface area (Å²) in [7, 11) is 0. The molecule has 29 heavy (non-hydrogen) atoms. The quantitative estimate of drug-likeness (QED) is 0.579. The second-order valence-electron chi connectivity index (χ2n) is 6.93. The molecular formula is C21H22ClNO6. The van der Waals surface area contributed by atoms with E-state index in [1.165, 1.54) is 26.0 Å². The van der Waals surface area contributed by atoms with Gasteiger partial charge in [0.2, 0.25) is 5.78 Å². The Morgan fingerprint density at radius 2 is 1.86 bits per heavy atom. The fourth-order valence-electron chi connectivity index (χ4n) is 3.36. The number of rotatable bonds is 5. The number of ether oxygens (including phenoxy) is 3. The number of aromatic nitrogens is 1. The van der Waals surface area contributed by atoms with Crippen LogP contribution in [-0.2, 0) is 4.74 Å². The first-order chi connectivity index (χ1) is 13.7. The Labute approximate surface area is 173 Å². The molecule has 1 aromatic carbocycles. The lowest BCUT2D eigenvalue weighted by Crippen LogP contribution is -2.25. The number of carbonyl (C=O) groups is 3. The number of ketones is 2. The van der Waals surface area contributed by atoms with Gasteiger partial charge in [-0.05, 0) is 45.4 Å². The van der Waals surface area contributed by atoms with Gasteiger partial charge < -0.3 is 19.2 Å². The van der Waals surface area contributed by atoms with E-state index in [9.17, 15) is 14.4 Å². The summed E-state index contributed by atoms with van der Waals surface area (Å²) in [6.45, 7) is 7.24. The maximum Gasteiger partial charge on any atom is 0.339 e. The van der Waals surface area contributed by atoms with E-state index in [2.05, 4.69) is 4.98 Å². The summed E-state index contributed by atoms with van der Waals surface area (Å²) in [6.07, 6.45) is -0.359. The van der Waals surface area contributed by atoms with Gasteiger partial charge in [0.05, 0.1) is 29.5 Å². The largest absolute Gasteiger partial charge is 0.489 e. The van der Waals surface area contributed by atoms with E-state index in [0.717, 1.165) is 0 Å². The van der Waals surface area contributed by atoms with Crippen LogP contribution in [0.3, 0.4) is 0 Å². The molecule has 0 amide bonds. The van der Waals surface area contributed by atoms with E-state index in [0.29, 0.717) is 48.0 Å². The fourth-order valence-corrected chi connectivity index (χ4v) is 3.62. The fraction of sp³-hybridized carbons (Fsp3) is 0.381. The SMILES string of the molecule is CC(=O)c1c(C)[nH]c(C(=O)[C@@H](C)OC(=O)c2cc(Cl)c3c(c2)OCCCO3)c1C. The van der Waals surface area contributed by atoms with Crippen LogP contribution in [0.1, 0.15) is 62.7 Å². The molecule has 0 radical (unpaired) electrons. The van der Waals surface area contributed by atoms with Crippen LogP contribution in [0.2, 0.25) is 5.02 Å². The second kappa shape index (κ2) is 8.29. The van der Waals surface area contributed by atoms with Crippen LogP contribution in [0.25, 0.3) is 0 Å². The van der Waals surface area contributed by atoms with Gasteiger partial charge in [-0.1, -0.05) is 11.6 Å². The molecule has 1 atom stereocenters. The smallest absolute Gasteiger partial charge is 0.339 e. The standard InChI is InChI=1S/C21H22ClNO6/c1-10-17(12(3)24)11(2)23-18(10)19(25)13(4)29-21(26)14-8-15(22)20-16(9-14)27-6-5-7-28-20/h8-9,13,23H,5-7H2,1-4H3/t13-/m1/s1. The minimum absolute atomic E-state index is 0.137. The highest BCUT2D eigenvalue weighted by molar-refractivity contribution is 6.32. The number of H-pyrrole nitrogens is 1. The highest BCUT2D eigenvalue weighted by atomic mass is 35.5. The van der Waals surface area contributed by atoms with E-state index in [1.807, 2.05) is 0 Å². The lowest BCUT2D eigenvalue weighted by molar-refractivity contribution is 0.0316. The Morgan fingerprint density at radius 1 is 1.17 bits per heavy atom. The van der Waals surface area contributed by atoms with Crippen LogP contribution in [-0.4, -0.2) is 41.8 Å². The number of aryl methyl sites for hydroxylation is 1. The zero-order chi connectivity index (χ0) is 21.3. The van der Waals surface area contributed by atoms with Crippen molar-refractivity contribution in [1.82, 2.24) is 4.98 Å². The molecule has 1 aromatic heterocycles. The van der Waals surface area contributed by atoms with E-state index in [4.69, 9.17) is 25.8 Å². The Kier molecular flexibility index (Phi) is 5.98. The molecule has 0 aliphatic carbocycles. The first kappa shape index (κ1) is 20.9. The number of benzene rings is 1. The summed E-state index contributed by atoms with van der Waals surface area (Å²) < 4.78 is 16.5. The Morgan fingerprint density at radius 3 is 2.52 bits per heavy atom. The Hall–Kier alpha value is -2.80. The van der Waals surface area contributed by atoms with Crippen molar-refractivity contribution in [1.29, 1.82) is 0 Å². The van der Waals surface area contributed by atoms with Gasteiger partial charge in [-0.25, -0.2) is 4.79 Å². The first-order valence-electron chi connectivity index (χ1n) is 9.25. The minimum atomic E-state index is -1.06. The third-order valence-corrected chi connectivity index (χ3v) is 5.01. The first-order valence-corrected chi connectivity index (χ1v) is 9.63. The summed E-state index contributed by atoms with van der Waals surface area (Å²) in [4.78, 5) is 40.1. The van der Waals surface area contributed by atoms with Gasteiger partial charge in [0.25, 0.3) is 0 Å². The molecule has 8 heteroatoms. The minimum Gasteiger partial charge on any atom is -0.489 e.